The molecular weight excluding hydrogens is 472 g/mol. The molecule has 1 aromatic heterocycles. The lowest BCUT2D eigenvalue weighted by atomic mass is 10.2. The lowest BCUT2D eigenvalue weighted by Gasteiger charge is -2.12. The highest BCUT2D eigenvalue weighted by Gasteiger charge is 2.08. The van der Waals surface area contributed by atoms with Crippen molar-refractivity contribution in [1.29, 1.82) is 0 Å². The quantitative estimate of drug-likeness (QED) is 0.369. The number of phenolic OH excluding ortho intramolecular Hbond substituents is 1. The maximum atomic E-state index is 13.2. The molecule has 3 aromatic carbocycles. The van der Waals surface area contributed by atoms with Crippen molar-refractivity contribution in [3.05, 3.63) is 81.9 Å². The van der Waals surface area contributed by atoms with E-state index in [0.717, 1.165) is 14.5 Å². The highest BCUT2D eigenvalue weighted by molar-refractivity contribution is 14.1. The number of anilines is 2. The predicted octanol–water partition coefficient (Wildman–Crippen LogP) is 5.40. The van der Waals surface area contributed by atoms with Crippen LogP contribution in [0.3, 0.4) is 0 Å². The van der Waals surface area contributed by atoms with Crippen molar-refractivity contribution < 1.29 is 14.2 Å². The maximum absolute atomic E-state index is 13.2. The van der Waals surface area contributed by atoms with Gasteiger partial charge in [-0.05, 0) is 70.6 Å². The van der Waals surface area contributed by atoms with Crippen LogP contribution in [-0.2, 0) is 6.61 Å². The number of benzene rings is 3. The second-order valence-electron chi connectivity index (χ2n) is 6.11. The van der Waals surface area contributed by atoms with Gasteiger partial charge in [0.15, 0.2) is 11.5 Å². The van der Waals surface area contributed by atoms with Crippen molar-refractivity contribution in [2.24, 2.45) is 0 Å². The molecule has 4 rings (SSSR count). The van der Waals surface area contributed by atoms with Crippen molar-refractivity contribution in [3.8, 4) is 11.5 Å². The summed E-state index contributed by atoms with van der Waals surface area (Å²) in [5, 5.41) is 14.4. The Balaban J connectivity index is 1.53. The summed E-state index contributed by atoms with van der Waals surface area (Å²) in [4.78, 5) is 8.57. The summed E-state index contributed by atoms with van der Waals surface area (Å²) >= 11 is 2.24. The van der Waals surface area contributed by atoms with Crippen LogP contribution in [0.4, 0.5) is 15.9 Å². The molecular formula is C21H15FIN3O2. The monoisotopic (exact) mass is 487 g/mol. The molecule has 140 valence electrons. The third-order valence-electron chi connectivity index (χ3n) is 4.10. The van der Waals surface area contributed by atoms with Crippen molar-refractivity contribution in [2.75, 3.05) is 5.32 Å². The highest BCUT2D eigenvalue weighted by Crippen LogP contribution is 2.32. The molecule has 0 spiro atoms. The summed E-state index contributed by atoms with van der Waals surface area (Å²) < 4.78 is 19.9. The summed E-state index contributed by atoms with van der Waals surface area (Å²) in [6, 6.07) is 17.1. The van der Waals surface area contributed by atoms with E-state index in [-0.39, 0.29) is 18.2 Å². The van der Waals surface area contributed by atoms with Crippen molar-refractivity contribution in [2.45, 2.75) is 6.61 Å². The van der Waals surface area contributed by atoms with Crippen LogP contribution in [-0.4, -0.2) is 15.1 Å². The van der Waals surface area contributed by atoms with Gasteiger partial charge in [-0.3, -0.25) is 0 Å². The third kappa shape index (κ3) is 4.14. The summed E-state index contributed by atoms with van der Waals surface area (Å²) in [7, 11) is 0. The first-order chi connectivity index (χ1) is 13.6. The fraction of sp³-hybridized carbons (Fsp3) is 0.0476. The van der Waals surface area contributed by atoms with Gasteiger partial charge in [-0.25, -0.2) is 14.4 Å². The molecule has 5 nitrogen and oxygen atoms in total. The Morgan fingerprint density at radius 3 is 2.75 bits per heavy atom. The molecule has 0 amide bonds. The first-order valence-corrected chi connectivity index (χ1v) is 9.54. The number of aromatic nitrogens is 2. The van der Waals surface area contributed by atoms with Crippen molar-refractivity contribution >= 4 is 45.0 Å². The number of phenols is 1. The standard InChI is InChI=1S/C21H15FIN3O2/c22-14-3-1-2-13(8-14)11-28-20-7-5-16(10-19(20)27)26-21-17-9-15(23)4-6-18(17)24-12-25-21/h1-10,12,27H,11H2,(H,24,25,26). The zero-order valence-corrected chi connectivity index (χ0v) is 16.7. The van der Waals surface area contributed by atoms with E-state index in [4.69, 9.17) is 4.74 Å². The number of rotatable bonds is 5. The number of nitrogens with one attached hydrogen (secondary N) is 1. The number of nitrogens with zero attached hydrogens (tertiary/aromatic N) is 2. The fourth-order valence-corrected chi connectivity index (χ4v) is 3.26. The minimum Gasteiger partial charge on any atom is -0.504 e. The minimum absolute atomic E-state index is 0.0191. The average molecular weight is 487 g/mol. The Labute approximate surface area is 174 Å². The molecule has 0 aliphatic rings. The van der Waals surface area contributed by atoms with Crippen LogP contribution < -0.4 is 10.1 Å². The van der Waals surface area contributed by atoms with E-state index in [1.165, 1.54) is 18.5 Å². The number of hydrogen-bond donors (Lipinski definition) is 2. The van der Waals surface area contributed by atoms with Crippen LogP contribution in [0.15, 0.2) is 67.0 Å². The number of halogens is 2. The Bertz CT molecular complexity index is 1150. The summed E-state index contributed by atoms with van der Waals surface area (Å²) in [5.41, 5.74) is 2.18. The molecule has 28 heavy (non-hydrogen) atoms. The van der Waals surface area contributed by atoms with E-state index in [2.05, 4.69) is 37.9 Å². The van der Waals surface area contributed by atoms with E-state index < -0.39 is 0 Å². The Morgan fingerprint density at radius 2 is 1.93 bits per heavy atom. The average Bonchev–Trinajstić information content (AvgIpc) is 2.68. The summed E-state index contributed by atoms with van der Waals surface area (Å²) in [5.74, 6) is 0.624. The highest BCUT2D eigenvalue weighted by atomic mass is 127. The molecule has 4 aromatic rings. The van der Waals surface area contributed by atoms with Crippen molar-refractivity contribution in [3.63, 3.8) is 0 Å². The lowest BCUT2D eigenvalue weighted by molar-refractivity contribution is 0.288. The van der Waals surface area contributed by atoms with Gasteiger partial charge < -0.3 is 15.2 Å². The molecule has 0 radical (unpaired) electrons. The number of fused-ring (bicyclic) bond motifs is 1. The number of ether oxygens (including phenoxy) is 1. The largest absolute Gasteiger partial charge is 0.504 e. The molecule has 0 fully saturated rings. The Morgan fingerprint density at radius 1 is 1.04 bits per heavy atom. The van der Waals surface area contributed by atoms with Crippen LogP contribution in [0.5, 0.6) is 11.5 Å². The smallest absolute Gasteiger partial charge is 0.161 e. The second kappa shape index (κ2) is 7.97. The van der Waals surface area contributed by atoms with E-state index in [0.29, 0.717) is 22.8 Å². The molecule has 0 saturated carbocycles. The van der Waals surface area contributed by atoms with Crippen LogP contribution in [0, 0.1) is 9.39 Å². The van der Waals surface area contributed by atoms with Gasteiger partial charge in [-0.1, -0.05) is 12.1 Å². The van der Waals surface area contributed by atoms with Gasteiger partial charge in [0.25, 0.3) is 0 Å². The molecule has 0 aliphatic carbocycles. The molecule has 7 heteroatoms. The van der Waals surface area contributed by atoms with E-state index in [1.807, 2.05) is 18.2 Å². The molecule has 0 saturated heterocycles. The van der Waals surface area contributed by atoms with Crippen LogP contribution in [0.25, 0.3) is 10.9 Å². The molecule has 0 bridgehead atoms. The molecule has 1 heterocycles. The van der Waals surface area contributed by atoms with E-state index in [1.54, 1.807) is 30.3 Å². The van der Waals surface area contributed by atoms with Crippen LogP contribution in [0.2, 0.25) is 0 Å². The van der Waals surface area contributed by atoms with Gasteiger partial charge in [0.1, 0.15) is 24.6 Å². The maximum Gasteiger partial charge on any atom is 0.161 e. The molecule has 2 N–H and O–H groups in total. The van der Waals surface area contributed by atoms with Gasteiger partial charge in [0.05, 0.1) is 5.52 Å². The molecule has 0 unspecified atom stereocenters. The zero-order valence-electron chi connectivity index (χ0n) is 14.6. The van der Waals surface area contributed by atoms with Gasteiger partial charge in [-0.15, -0.1) is 0 Å². The third-order valence-corrected chi connectivity index (χ3v) is 4.77. The van der Waals surface area contributed by atoms with Gasteiger partial charge >= 0.3 is 0 Å². The lowest BCUT2D eigenvalue weighted by Crippen LogP contribution is -1.98. The second-order valence-corrected chi connectivity index (χ2v) is 7.36. The van der Waals surface area contributed by atoms with Gasteiger partial charge in [-0.2, -0.15) is 0 Å². The van der Waals surface area contributed by atoms with Crippen molar-refractivity contribution in [1.82, 2.24) is 9.97 Å². The zero-order chi connectivity index (χ0) is 19.5. The Kier molecular flexibility index (Phi) is 5.25. The van der Waals surface area contributed by atoms with E-state index >= 15 is 0 Å². The first kappa shape index (κ1) is 18.4. The van der Waals surface area contributed by atoms with Gasteiger partial charge in [0.2, 0.25) is 0 Å². The summed E-state index contributed by atoms with van der Waals surface area (Å²) in [6.45, 7) is 0.160. The Hall–Kier alpha value is -2.94. The number of aromatic hydroxyl groups is 1. The minimum atomic E-state index is -0.323. The topological polar surface area (TPSA) is 67.3 Å². The normalized spacial score (nSPS) is 10.8. The fourth-order valence-electron chi connectivity index (χ4n) is 2.77. The molecule has 0 atom stereocenters. The van der Waals surface area contributed by atoms with Gasteiger partial charge in [0, 0.05) is 20.7 Å². The van der Waals surface area contributed by atoms with E-state index in [9.17, 15) is 9.50 Å². The molecule has 0 aliphatic heterocycles. The number of hydrogen-bond acceptors (Lipinski definition) is 5. The predicted molar refractivity (Wildman–Crippen MR) is 114 cm³/mol. The van der Waals surface area contributed by atoms with Crippen LogP contribution in [0.1, 0.15) is 5.56 Å². The SMILES string of the molecule is Oc1cc(Nc2ncnc3ccc(I)cc23)ccc1OCc1cccc(F)c1. The first-order valence-electron chi connectivity index (χ1n) is 8.46. The van der Waals surface area contributed by atoms with Crippen LogP contribution >= 0.6 is 22.6 Å². The summed E-state index contributed by atoms with van der Waals surface area (Å²) in [6.07, 6.45) is 1.49.